The normalized spacial score (nSPS) is 15.4. The molecule has 63 heavy (non-hydrogen) atoms. The number of aryl methyl sites for hydroxylation is 2. The molecule has 0 radical (unpaired) electrons. The molecule has 306 valence electrons. The Labute approximate surface area is 370 Å². The molecule has 0 bridgehead atoms. The molecular formula is C58H51N3OSi+2. The summed E-state index contributed by atoms with van der Waals surface area (Å²) in [4.78, 5) is 0. The largest absolute Gasteiger partial charge is 0.455 e. The van der Waals surface area contributed by atoms with E-state index in [1.54, 1.807) is 0 Å². The van der Waals surface area contributed by atoms with Gasteiger partial charge in [0.15, 0.2) is 22.8 Å². The van der Waals surface area contributed by atoms with Crippen LogP contribution < -0.4 is 14.3 Å². The number of benzene rings is 7. The molecule has 5 heteroatoms. The molecule has 0 saturated carbocycles. The van der Waals surface area contributed by atoms with Crippen molar-refractivity contribution < 1.29 is 13.6 Å². The third-order valence-electron chi connectivity index (χ3n) is 13.9. The van der Waals surface area contributed by atoms with Gasteiger partial charge in [-0.1, -0.05) is 143 Å². The van der Waals surface area contributed by atoms with Crippen LogP contribution in [-0.4, -0.2) is 12.6 Å². The second kappa shape index (κ2) is 13.1. The lowest BCUT2D eigenvalue weighted by molar-refractivity contribution is -0.944. The minimum Gasteiger partial charge on any atom is -0.455 e. The molecular weight excluding hydrogens is 783 g/mol. The maximum absolute atomic E-state index is 7.20. The number of hydrogen-bond donors (Lipinski definition) is 0. The minimum atomic E-state index is -1.82. The highest BCUT2D eigenvalue weighted by atomic mass is 28.3. The molecule has 2 aliphatic rings. The van der Waals surface area contributed by atoms with E-state index in [0.29, 0.717) is 0 Å². The Morgan fingerprint density at radius 1 is 0.619 bits per heavy atom. The number of para-hydroxylation sites is 3. The lowest BCUT2D eigenvalue weighted by Gasteiger charge is -2.24. The number of rotatable bonds is 4. The molecule has 1 unspecified atom stereocenters. The van der Waals surface area contributed by atoms with Crippen LogP contribution in [0.3, 0.4) is 0 Å². The van der Waals surface area contributed by atoms with Gasteiger partial charge in [0.25, 0.3) is 0 Å². The Balaban J connectivity index is 1.36. The Bertz CT molecular complexity index is 3490. The molecule has 12 rings (SSSR count). The van der Waals surface area contributed by atoms with E-state index in [9.17, 15) is 0 Å². The van der Waals surface area contributed by atoms with Crippen LogP contribution in [0.15, 0.2) is 168 Å². The number of furan rings is 1. The van der Waals surface area contributed by atoms with Crippen LogP contribution in [0.2, 0.25) is 19.6 Å². The zero-order chi connectivity index (χ0) is 43.2. The molecule has 0 saturated heterocycles. The highest BCUT2D eigenvalue weighted by molar-refractivity contribution is 6.88. The van der Waals surface area contributed by atoms with Gasteiger partial charge in [0.1, 0.15) is 16.8 Å². The van der Waals surface area contributed by atoms with Gasteiger partial charge in [-0.2, -0.15) is 4.57 Å². The van der Waals surface area contributed by atoms with Crippen molar-refractivity contribution in [3.63, 3.8) is 0 Å². The van der Waals surface area contributed by atoms with E-state index in [-0.39, 0.29) is 5.41 Å². The summed E-state index contributed by atoms with van der Waals surface area (Å²) in [5.74, 6) is 1.11. The molecule has 2 aliphatic heterocycles. The molecule has 1 atom stereocenters. The highest BCUT2D eigenvalue weighted by Crippen LogP contribution is 2.54. The van der Waals surface area contributed by atoms with Crippen molar-refractivity contribution >= 4 is 46.2 Å². The SMILES string of the molecule is Cc1ccc2c(c1)C1(c3ccc4c(oc5ccccc54)c3-c3n(-c4c(-c5ccccc5)cc(C(C)(C)C)cc4-c4ccccc4)c4ccccc4[n+]31)[n+]1cc([Si](C)(C)C)c(C)cc1-2. The summed E-state index contributed by atoms with van der Waals surface area (Å²) < 4.78 is 15.2. The third-order valence-corrected chi connectivity index (χ3v) is 16.0. The summed E-state index contributed by atoms with van der Waals surface area (Å²) >= 11 is 0. The Kier molecular flexibility index (Phi) is 7.88. The van der Waals surface area contributed by atoms with Gasteiger partial charge in [-0.3, -0.25) is 0 Å². The smallest absolute Gasteiger partial charge is 0.364 e. The van der Waals surface area contributed by atoms with Crippen molar-refractivity contribution in [2.75, 3.05) is 0 Å². The van der Waals surface area contributed by atoms with Crippen LogP contribution in [0.5, 0.6) is 0 Å². The van der Waals surface area contributed by atoms with Crippen LogP contribution in [0.1, 0.15) is 48.6 Å². The Hall–Kier alpha value is -6.82. The molecule has 4 nitrogen and oxygen atoms in total. The molecule has 0 aliphatic carbocycles. The van der Waals surface area contributed by atoms with E-state index >= 15 is 0 Å². The molecule has 1 spiro atoms. The highest BCUT2D eigenvalue weighted by Gasteiger charge is 2.67. The van der Waals surface area contributed by atoms with Crippen molar-refractivity contribution in [3.8, 4) is 50.6 Å². The molecule has 0 fully saturated rings. The zero-order valence-corrected chi connectivity index (χ0v) is 38.3. The first-order valence-electron chi connectivity index (χ1n) is 22.4. The van der Waals surface area contributed by atoms with Crippen molar-refractivity contribution in [1.29, 1.82) is 0 Å². The minimum absolute atomic E-state index is 0.101. The van der Waals surface area contributed by atoms with E-state index < -0.39 is 13.7 Å². The lowest BCUT2D eigenvalue weighted by atomic mass is 9.82. The number of imidazole rings is 1. The van der Waals surface area contributed by atoms with Crippen molar-refractivity contribution in [1.82, 2.24) is 4.57 Å². The lowest BCUT2D eigenvalue weighted by Crippen LogP contribution is -2.72. The van der Waals surface area contributed by atoms with Gasteiger partial charge in [-0.05, 0) is 96.1 Å². The molecule has 7 aromatic carbocycles. The molecule has 0 amide bonds. The maximum Gasteiger partial charge on any atom is 0.364 e. The van der Waals surface area contributed by atoms with Gasteiger partial charge in [-0.15, -0.1) is 9.13 Å². The topological polar surface area (TPSA) is 25.8 Å². The van der Waals surface area contributed by atoms with Gasteiger partial charge in [0, 0.05) is 33.2 Å². The molecule has 10 aromatic rings. The van der Waals surface area contributed by atoms with E-state index in [1.165, 1.54) is 66.5 Å². The first-order chi connectivity index (χ1) is 30.4. The van der Waals surface area contributed by atoms with E-state index in [1.807, 2.05) is 0 Å². The summed E-state index contributed by atoms with van der Waals surface area (Å²) in [6.45, 7) is 19.0. The summed E-state index contributed by atoms with van der Waals surface area (Å²) in [7, 11) is -1.82. The monoisotopic (exact) mass is 833 g/mol. The Morgan fingerprint density at radius 3 is 1.95 bits per heavy atom. The second-order valence-electron chi connectivity index (χ2n) is 19.9. The van der Waals surface area contributed by atoms with Crippen LogP contribution in [0.25, 0.3) is 83.6 Å². The summed E-state index contributed by atoms with van der Waals surface area (Å²) in [5.41, 5.74) is 19.2. The Morgan fingerprint density at radius 2 is 1.27 bits per heavy atom. The predicted molar refractivity (Wildman–Crippen MR) is 262 cm³/mol. The number of aromatic nitrogens is 3. The first kappa shape index (κ1) is 37.9. The number of hydrogen-bond acceptors (Lipinski definition) is 1. The average Bonchev–Trinajstić information content (AvgIpc) is 3.98. The summed E-state index contributed by atoms with van der Waals surface area (Å²) in [6, 6.07) is 58.9. The summed E-state index contributed by atoms with van der Waals surface area (Å²) in [6.07, 6.45) is 2.54. The maximum atomic E-state index is 7.20. The van der Waals surface area contributed by atoms with Crippen LogP contribution in [0, 0.1) is 13.8 Å². The van der Waals surface area contributed by atoms with E-state index in [2.05, 4.69) is 232 Å². The fraction of sp³-hybridized carbons (Fsp3) is 0.172. The van der Waals surface area contributed by atoms with E-state index in [4.69, 9.17) is 4.42 Å². The van der Waals surface area contributed by atoms with Crippen molar-refractivity contribution in [2.24, 2.45) is 0 Å². The zero-order valence-electron chi connectivity index (χ0n) is 37.3. The number of nitrogens with zero attached hydrogens (tertiary/aromatic N) is 3. The first-order valence-corrected chi connectivity index (χ1v) is 25.9. The van der Waals surface area contributed by atoms with E-state index in [0.717, 1.165) is 50.0 Å². The number of fused-ring (bicyclic) bond motifs is 16. The molecule has 5 heterocycles. The standard InChI is InChI=1S/C58H51N3OSi/c1-36-27-28-43-47(31-36)58(59-35-52(63(6,7)8)37(2)32-50(43)59)46-30-29-42-41-23-15-18-26-51(41)62-55(42)53(46)56-60(48-24-16-17-25-49(48)61(56)58)54-44(38-19-11-9-12-20-38)33-40(57(3,4)5)34-45(54)39-21-13-10-14-22-39/h9-35H,1-8H3/q+2. The molecule has 0 N–H and O–H groups in total. The fourth-order valence-electron chi connectivity index (χ4n) is 11.1. The van der Waals surface area contributed by atoms with Crippen LogP contribution in [-0.2, 0) is 11.1 Å². The predicted octanol–water partition coefficient (Wildman–Crippen LogP) is 13.2. The average molecular weight is 834 g/mol. The number of pyridine rings is 1. The van der Waals surface area contributed by atoms with Gasteiger partial charge in [0.2, 0.25) is 5.69 Å². The molecule has 3 aromatic heterocycles. The fourth-order valence-corrected chi connectivity index (χ4v) is 12.8. The van der Waals surface area contributed by atoms with Gasteiger partial charge < -0.3 is 4.42 Å². The van der Waals surface area contributed by atoms with Gasteiger partial charge in [0.05, 0.1) is 24.8 Å². The summed E-state index contributed by atoms with van der Waals surface area (Å²) in [5, 5.41) is 3.72. The van der Waals surface area contributed by atoms with Gasteiger partial charge >= 0.3 is 11.5 Å². The van der Waals surface area contributed by atoms with Crippen LogP contribution in [0.4, 0.5) is 0 Å². The quantitative estimate of drug-likeness (QED) is 0.128. The second-order valence-corrected chi connectivity index (χ2v) is 25.0. The van der Waals surface area contributed by atoms with Gasteiger partial charge in [-0.25, -0.2) is 0 Å². The van der Waals surface area contributed by atoms with Crippen molar-refractivity contribution in [2.45, 2.75) is 65.3 Å². The third kappa shape index (κ3) is 5.20. The van der Waals surface area contributed by atoms with Crippen molar-refractivity contribution in [3.05, 3.63) is 192 Å². The van der Waals surface area contributed by atoms with Crippen LogP contribution >= 0.6 is 0 Å².